The highest BCUT2D eigenvalue weighted by Crippen LogP contribution is 2.28. The molecule has 0 aromatic carbocycles. The summed E-state index contributed by atoms with van der Waals surface area (Å²) in [5.74, 6) is 0.791. The molecular formula is C9H13ClN2O. The monoisotopic (exact) mass is 200 g/mol. The van der Waals surface area contributed by atoms with Crippen molar-refractivity contribution >= 4 is 12.4 Å². The fraction of sp³-hybridized carbons (Fsp3) is 0.444. The Bertz CT molecular complexity index is 274. The maximum Gasteiger partial charge on any atom is 0.137 e. The summed E-state index contributed by atoms with van der Waals surface area (Å²) in [5, 5.41) is 12.7. The number of hydrogen-bond acceptors (Lipinski definition) is 3. The van der Waals surface area contributed by atoms with Gasteiger partial charge in [-0.3, -0.25) is 4.98 Å². The zero-order chi connectivity index (χ0) is 8.39. The molecule has 1 saturated heterocycles. The number of hydrogen-bond donors (Lipinski definition) is 2. The number of aromatic hydroxyl groups is 1. The van der Waals surface area contributed by atoms with Gasteiger partial charge in [-0.25, -0.2) is 0 Å². The number of aromatic nitrogens is 1. The second-order valence-corrected chi connectivity index (χ2v) is 3.12. The van der Waals surface area contributed by atoms with Crippen LogP contribution in [0.15, 0.2) is 18.5 Å². The third kappa shape index (κ3) is 2.11. The van der Waals surface area contributed by atoms with Crippen LogP contribution in [0.5, 0.6) is 5.75 Å². The lowest BCUT2D eigenvalue weighted by molar-refractivity contribution is 0.460. The van der Waals surface area contributed by atoms with Crippen LogP contribution in [-0.2, 0) is 0 Å². The third-order valence-electron chi connectivity index (χ3n) is 2.33. The van der Waals surface area contributed by atoms with Crippen molar-refractivity contribution in [1.82, 2.24) is 10.3 Å². The van der Waals surface area contributed by atoms with Crippen LogP contribution in [-0.4, -0.2) is 23.2 Å². The molecule has 1 atom stereocenters. The minimum Gasteiger partial charge on any atom is -0.506 e. The molecule has 4 heteroatoms. The first-order chi connectivity index (χ1) is 5.88. The van der Waals surface area contributed by atoms with Gasteiger partial charge in [0.25, 0.3) is 0 Å². The highest BCUT2D eigenvalue weighted by atomic mass is 35.5. The van der Waals surface area contributed by atoms with Crippen molar-refractivity contribution in [2.24, 2.45) is 0 Å². The number of rotatable bonds is 1. The lowest BCUT2D eigenvalue weighted by Crippen LogP contribution is -2.08. The van der Waals surface area contributed by atoms with Gasteiger partial charge in [0.1, 0.15) is 5.75 Å². The Balaban J connectivity index is 0.000000845. The molecule has 1 aromatic rings. The zero-order valence-electron chi connectivity index (χ0n) is 7.23. The van der Waals surface area contributed by atoms with Crippen LogP contribution in [0.25, 0.3) is 0 Å². The first-order valence-corrected chi connectivity index (χ1v) is 4.21. The largest absolute Gasteiger partial charge is 0.506 e. The van der Waals surface area contributed by atoms with Crippen molar-refractivity contribution < 1.29 is 5.11 Å². The topological polar surface area (TPSA) is 45.2 Å². The third-order valence-corrected chi connectivity index (χ3v) is 2.33. The Kier molecular flexibility index (Phi) is 3.51. The van der Waals surface area contributed by atoms with Gasteiger partial charge in [0, 0.05) is 24.2 Å². The van der Waals surface area contributed by atoms with Crippen LogP contribution in [0.3, 0.4) is 0 Å². The molecule has 13 heavy (non-hydrogen) atoms. The first-order valence-electron chi connectivity index (χ1n) is 4.21. The molecule has 0 radical (unpaired) electrons. The van der Waals surface area contributed by atoms with Crippen LogP contribution in [0, 0.1) is 0 Å². The Morgan fingerprint density at radius 2 is 2.38 bits per heavy atom. The van der Waals surface area contributed by atoms with Gasteiger partial charge in [0.15, 0.2) is 0 Å². The fourth-order valence-electron chi connectivity index (χ4n) is 1.66. The SMILES string of the molecule is Cl.Oc1cnccc1C1CCNC1. The summed E-state index contributed by atoms with van der Waals surface area (Å²) in [6, 6.07) is 1.90. The average molecular weight is 201 g/mol. The van der Waals surface area contributed by atoms with Gasteiger partial charge >= 0.3 is 0 Å². The molecule has 3 nitrogen and oxygen atoms in total. The molecule has 1 aliphatic rings. The molecule has 0 amide bonds. The van der Waals surface area contributed by atoms with E-state index >= 15 is 0 Å². The summed E-state index contributed by atoms with van der Waals surface area (Å²) in [6.45, 7) is 2.02. The highest BCUT2D eigenvalue weighted by Gasteiger charge is 2.18. The molecule has 1 aromatic heterocycles. The van der Waals surface area contributed by atoms with Crippen molar-refractivity contribution in [3.8, 4) is 5.75 Å². The van der Waals surface area contributed by atoms with Crippen LogP contribution in [0.4, 0.5) is 0 Å². The Hall–Kier alpha value is -0.800. The molecule has 0 spiro atoms. The molecule has 2 heterocycles. The van der Waals surface area contributed by atoms with Crippen molar-refractivity contribution in [3.63, 3.8) is 0 Å². The molecule has 0 saturated carbocycles. The van der Waals surface area contributed by atoms with E-state index in [1.165, 1.54) is 6.20 Å². The minimum atomic E-state index is 0. The smallest absolute Gasteiger partial charge is 0.137 e. The molecule has 2 N–H and O–H groups in total. The number of halogens is 1. The van der Waals surface area contributed by atoms with E-state index in [1.54, 1.807) is 6.20 Å². The predicted octanol–water partition coefficient (Wildman–Crippen LogP) is 1.29. The standard InChI is InChI=1S/C9H12N2O.ClH/c12-9-6-11-4-2-8(9)7-1-3-10-5-7;/h2,4,6-7,10,12H,1,3,5H2;1H. The summed E-state index contributed by atoms with van der Waals surface area (Å²) < 4.78 is 0. The van der Waals surface area contributed by atoms with E-state index in [0.717, 1.165) is 25.1 Å². The van der Waals surface area contributed by atoms with Crippen molar-refractivity contribution in [2.75, 3.05) is 13.1 Å². The fourth-order valence-corrected chi connectivity index (χ4v) is 1.66. The molecule has 0 aliphatic carbocycles. The minimum absolute atomic E-state index is 0. The van der Waals surface area contributed by atoms with E-state index in [0.29, 0.717) is 11.7 Å². The molecule has 1 aliphatic heterocycles. The molecular weight excluding hydrogens is 188 g/mol. The lowest BCUT2D eigenvalue weighted by atomic mass is 9.99. The van der Waals surface area contributed by atoms with Gasteiger partial charge in [-0.1, -0.05) is 0 Å². The first kappa shape index (κ1) is 10.3. The average Bonchev–Trinajstić information content (AvgIpc) is 2.57. The summed E-state index contributed by atoms with van der Waals surface area (Å²) in [4.78, 5) is 3.85. The summed E-state index contributed by atoms with van der Waals surface area (Å²) in [6.07, 6.45) is 4.35. The molecule has 72 valence electrons. The van der Waals surface area contributed by atoms with Crippen molar-refractivity contribution in [1.29, 1.82) is 0 Å². The molecule has 1 fully saturated rings. The predicted molar refractivity (Wildman–Crippen MR) is 53.4 cm³/mol. The van der Waals surface area contributed by atoms with Gasteiger partial charge in [-0.15, -0.1) is 12.4 Å². The Morgan fingerprint density at radius 1 is 1.54 bits per heavy atom. The van der Waals surface area contributed by atoms with E-state index in [1.807, 2.05) is 6.07 Å². The second-order valence-electron chi connectivity index (χ2n) is 3.12. The van der Waals surface area contributed by atoms with Gasteiger partial charge in [0.2, 0.25) is 0 Å². The zero-order valence-corrected chi connectivity index (χ0v) is 8.05. The number of nitrogens with zero attached hydrogens (tertiary/aromatic N) is 1. The molecule has 2 rings (SSSR count). The summed E-state index contributed by atoms with van der Waals surface area (Å²) in [7, 11) is 0. The quantitative estimate of drug-likeness (QED) is 0.718. The van der Waals surface area contributed by atoms with Gasteiger partial charge in [0.05, 0.1) is 6.20 Å². The molecule has 0 bridgehead atoms. The van der Waals surface area contributed by atoms with Gasteiger partial charge in [-0.05, 0) is 19.0 Å². The summed E-state index contributed by atoms with van der Waals surface area (Å²) >= 11 is 0. The van der Waals surface area contributed by atoms with Crippen LogP contribution >= 0.6 is 12.4 Å². The van der Waals surface area contributed by atoms with E-state index in [4.69, 9.17) is 0 Å². The Morgan fingerprint density at radius 3 is 3.00 bits per heavy atom. The molecule has 1 unspecified atom stereocenters. The van der Waals surface area contributed by atoms with Crippen LogP contribution in [0.1, 0.15) is 17.9 Å². The lowest BCUT2D eigenvalue weighted by Gasteiger charge is -2.09. The summed E-state index contributed by atoms with van der Waals surface area (Å²) in [5.41, 5.74) is 1.02. The maximum atomic E-state index is 9.48. The Labute approximate surface area is 83.6 Å². The van der Waals surface area contributed by atoms with Crippen LogP contribution < -0.4 is 5.32 Å². The normalized spacial score (nSPS) is 21.1. The van der Waals surface area contributed by atoms with E-state index < -0.39 is 0 Å². The number of pyridine rings is 1. The van der Waals surface area contributed by atoms with Crippen LogP contribution in [0.2, 0.25) is 0 Å². The maximum absolute atomic E-state index is 9.48. The van der Waals surface area contributed by atoms with Gasteiger partial charge < -0.3 is 10.4 Å². The van der Waals surface area contributed by atoms with Crippen molar-refractivity contribution in [3.05, 3.63) is 24.0 Å². The van der Waals surface area contributed by atoms with E-state index in [9.17, 15) is 5.11 Å². The number of nitrogens with one attached hydrogen (secondary N) is 1. The van der Waals surface area contributed by atoms with E-state index in [-0.39, 0.29) is 12.4 Å². The van der Waals surface area contributed by atoms with Gasteiger partial charge in [-0.2, -0.15) is 0 Å². The highest BCUT2D eigenvalue weighted by molar-refractivity contribution is 5.85. The van der Waals surface area contributed by atoms with E-state index in [2.05, 4.69) is 10.3 Å². The van der Waals surface area contributed by atoms with Crippen molar-refractivity contribution in [2.45, 2.75) is 12.3 Å². The second kappa shape index (κ2) is 4.44.